The number of rotatable bonds is 4. The van der Waals surface area contributed by atoms with Crippen molar-refractivity contribution in [1.82, 2.24) is 4.90 Å². The molecule has 3 nitrogen and oxygen atoms in total. The number of oxime groups is 1. The summed E-state index contributed by atoms with van der Waals surface area (Å²) in [6, 6.07) is 16.8. The lowest BCUT2D eigenvalue weighted by Crippen LogP contribution is -2.18. The van der Waals surface area contributed by atoms with Crippen LogP contribution in [-0.2, 0) is 6.54 Å². The lowest BCUT2D eigenvalue weighted by Gasteiger charge is -2.14. The zero-order chi connectivity index (χ0) is 14.5. The molecule has 2 aromatic rings. The molecule has 1 aliphatic heterocycles. The third kappa shape index (κ3) is 3.50. The van der Waals surface area contributed by atoms with Crippen molar-refractivity contribution in [2.24, 2.45) is 5.16 Å². The predicted octanol–water partition coefficient (Wildman–Crippen LogP) is 3.76. The lowest BCUT2D eigenvalue weighted by molar-refractivity contribution is 0.322. The Morgan fingerprint density at radius 3 is 2.05 bits per heavy atom. The van der Waals surface area contributed by atoms with Gasteiger partial charge in [0.25, 0.3) is 0 Å². The number of benzene rings is 2. The summed E-state index contributed by atoms with van der Waals surface area (Å²) in [6.45, 7) is 3.53. The van der Waals surface area contributed by atoms with Crippen LogP contribution in [0.25, 0.3) is 11.1 Å². The molecule has 3 rings (SSSR count). The van der Waals surface area contributed by atoms with E-state index in [1.165, 1.54) is 48.8 Å². The summed E-state index contributed by atoms with van der Waals surface area (Å²) in [4.78, 5) is 2.51. The highest BCUT2D eigenvalue weighted by Crippen LogP contribution is 2.21. The van der Waals surface area contributed by atoms with Gasteiger partial charge in [-0.25, -0.2) is 0 Å². The molecule has 1 heterocycles. The van der Waals surface area contributed by atoms with E-state index in [0.29, 0.717) is 0 Å². The highest BCUT2D eigenvalue weighted by atomic mass is 16.4. The summed E-state index contributed by atoms with van der Waals surface area (Å²) in [7, 11) is 0. The van der Waals surface area contributed by atoms with Gasteiger partial charge in [0.2, 0.25) is 0 Å². The van der Waals surface area contributed by atoms with Gasteiger partial charge in [-0.3, -0.25) is 4.90 Å². The minimum Gasteiger partial charge on any atom is -0.411 e. The third-order valence-corrected chi connectivity index (χ3v) is 4.01. The SMILES string of the molecule is O/N=C\c1ccc(-c2ccc(CN3CCCC3)cc2)cc1. The Morgan fingerprint density at radius 1 is 0.905 bits per heavy atom. The zero-order valence-corrected chi connectivity index (χ0v) is 12.1. The first kappa shape index (κ1) is 13.8. The van der Waals surface area contributed by atoms with E-state index in [-0.39, 0.29) is 0 Å². The highest BCUT2D eigenvalue weighted by molar-refractivity contribution is 5.80. The van der Waals surface area contributed by atoms with Crippen LogP contribution in [0, 0.1) is 0 Å². The summed E-state index contributed by atoms with van der Waals surface area (Å²) >= 11 is 0. The van der Waals surface area contributed by atoms with E-state index in [2.05, 4.69) is 34.3 Å². The molecule has 1 fully saturated rings. The molecule has 1 aliphatic rings. The summed E-state index contributed by atoms with van der Waals surface area (Å²) in [6.07, 6.45) is 4.10. The standard InChI is InChI=1S/C18H20N2O/c21-19-13-15-3-7-17(8-4-15)18-9-5-16(6-10-18)14-20-11-1-2-12-20/h3-10,13,21H,1-2,11-12,14H2/b19-13-. The Labute approximate surface area is 125 Å². The molecule has 0 atom stereocenters. The molecule has 0 aromatic heterocycles. The van der Waals surface area contributed by atoms with E-state index in [9.17, 15) is 0 Å². The first-order chi connectivity index (χ1) is 10.3. The zero-order valence-electron chi connectivity index (χ0n) is 12.1. The average Bonchev–Trinajstić information content (AvgIpc) is 3.02. The predicted molar refractivity (Wildman–Crippen MR) is 85.8 cm³/mol. The monoisotopic (exact) mass is 280 g/mol. The number of likely N-dealkylation sites (tertiary alicyclic amines) is 1. The normalized spacial score (nSPS) is 15.8. The Balaban J connectivity index is 1.70. The van der Waals surface area contributed by atoms with Gasteiger partial charge in [0, 0.05) is 6.54 Å². The maximum Gasteiger partial charge on any atom is 0.0733 e. The Bertz CT molecular complexity index is 596. The van der Waals surface area contributed by atoms with Crippen LogP contribution < -0.4 is 0 Å². The Hall–Kier alpha value is -2.13. The largest absolute Gasteiger partial charge is 0.411 e. The molecule has 0 saturated carbocycles. The van der Waals surface area contributed by atoms with Gasteiger partial charge >= 0.3 is 0 Å². The molecule has 0 unspecified atom stereocenters. The summed E-state index contributed by atoms with van der Waals surface area (Å²) in [5.41, 5.74) is 4.67. The molecule has 0 amide bonds. The van der Waals surface area contributed by atoms with E-state index in [4.69, 9.17) is 5.21 Å². The van der Waals surface area contributed by atoms with E-state index in [1.807, 2.05) is 24.3 Å². The molecule has 0 radical (unpaired) electrons. The topological polar surface area (TPSA) is 35.8 Å². The van der Waals surface area contributed by atoms with Crippen molar-refractivity contribution >= 4 is 6.21 Å². The molecule has 108 valence electrons. The van der Waals surface area contributed by atoms with Gasteiger partial charge in [0.1, 0.15) is 0 Å². The number of hydrogen-bond donors (Lipinski definition) is 1. The maximum absolute atomic E-state index is 8.52. The number of nitrogens with zero attached hydrogens (tertiary/aromatic N) is 2. The quantitative estimate of drug-likeness (QED) is 0.526. The molecule has 2 aromatic carbocycles. The van der Waals surface area contributed by atoms with Gasteiger partial charge in [-0.05, 0) is 48.2 Å². The number of hydrogen-bond acceptors (Lipinski definition) is 3. The first-order valence-electron chi connectivity index (χ1n) is 7.44. The lowest BCUT2D eigenvalue weighted by atomic mass is 10.0. The van der Waals surface area contributed by atoms with Gasteiger partial charge in [0.15, 0.2) is 0 Å². The molecule has 21 heavy (non-hydrogen) atoms. The second kappa shape index (κ2) is 6.55. The van der Waals surface area contributed by atoms with Crippen LogP contribution in [0.5, 0.6) is 0 Å². The molecule has 1 N–H and O–H groups in total. The van der Waals surface area contributed by atoms with Crippen molar-refractivity contribution in [3.8, 4) is 11.1 Å². The van der Waals surface area contributed by atoms with Crippen LogP contribution >= 0.6 is 0 Å². The van der Waals surface area contributed by atoms with Gasteiger partial charge in [-0.1, -0.05) is 53.7 Å². The van der Waals surface area contributed by atoms with E-state index >= 15 is 0 Å². The van der Waals surface area contributed by atoms with Crippen molar-refractivity contribution < 1.29 is 5.21 Å². The second-order valence-corrected chi connectivity index (χ2v) is 5.55. The van der Waals surface area contributed by atoms with Gasteiger partial charge in [-0.15, -0.1) is 0 Å². The molecular formula is C18H20N2O. The molecule has 3 heteroatoms. The second-order valence-electron chi connectivity index (χ2n) is 5.55. The van der Waals surface area contributed by atoms with Crippen molar-refractivity contribution in [3.05, 3.63) is 59.7 Å². The summed E-state index contributed by atoms with van der Waals surface area (Å²) in [5, 5.41) is 11.6. The van der Waals surface area contributed by atoms with Gasteiger partial charge < -0.3 is 5.21 Å². The van der Waals surface area contributed by atoms with E-state index in [1.54, 1.807) is 0 Å². The van der Waals surface area contributed by atoms with Crippen molar-refractivity contribution in [2.75, 3.05) is 13.1 Å². The van der Waals surface area contributed by atoms with Gasteiger partial charge in [0.05, 0.1) is 6.21 Å². The van der Waals surface area contributed by atoms with Crippen molar-refractivity contribution in [1.29, 1.82) is 0 Å². The van der Waals surface area contributed by atoms with E-state index < -0.39 is 0 Å². The minimum atomic E-state index is 0.895. The van der Waals surface area contributed by atoms with Crippen LogP contribution in [0.15, 0.2) is 53.7 Å². The Morgan fingerprint density at radius 2 is 1.48 bits per heavy atom. The fraction of sp³-hybridized carbons (Fsp3) is 0.278. The van der Waals surface area contributed by atoms with Crippen molar-refractivity contribution in [2.45, 2.75) is 19.4 Å². The maximum atomic E-state index is 8.52. The van der Waals surface area contributed by atoms with Crippen molar-refractivity contribution in [3.63, 3.8) is 0 Å². The van der Waals surface area contributed by atoms with E-state index in [0.717, 1.165) is 12.1 Å². The molecule has 0 spiro atoms. The van der Waals surface area contributed by atoms with Crippen LogP contribution in [-0.4, -0.2) is 29.4 Å². The summed E-state index contributed by atoms with van der Waals surface area (Å²) in [5.74, 6) is 0. The molecule has 0 bridgehead atoms. The molecule has 1 saturated heterocycles. The molecular weight excluding hydrogens is 260 g/mol. The van der Waals surface area contributed by atoms with Crippen LogP contribution in [0.3, 0.4) is 0 Å². The van der Waals surface area contributed by atoms with Gasteiger partial charge in [-0.2, -0.15) is 0 Å². The minimum absolute atomic E-state index is 0.895. The first-order valence-corrected chi connectivity index (χ1v) is 7.44. The highest BCUT2D eigenvalue weighted by Gasteiger charge is 2.11. The van der Waals surface area contributed by atoms with Crippen LogP contribution in [0.1, 0.15) is 24.0 Å². The average molecular weight is 280 g/mol. The fourth-order valence-electron chi connectivity index (χ4n) is 2.83. The summed E-state index contributed by atoms with van der Waals surface area (Å²) < 4.78 is 0. The molecule has 0 aliphatic carbocycles. The van der Waals surface area contributed by atoms with Crippen LogP contribution in [0.2, 0.25) is 0 Å². The third-order valence-electron chi connectivity index (χ3n) is 4.01. The van der Waals surface area contributed by atoms with Crippen LogP contribution in [0.4, 0.5) is 0 Å². The fourth-order valence-corrected chi connectivity index (χ4v) is 2.83. The Kier molecular flexibility index (Phi) is 4.31. The smallest absolute Gasteiger partial charge is 0.0733 e.